The molecule has 112 valence electrons. The van der Waals surface area contributed by atoms with Crippen LogP contribution in [-0.2, 0) is 14.3 Å². The number of esters is 1. The third-order valence-corrected chi connectivity index (χ3v) is 3.33. The Bertz CT molecular complexity index is 689. The fourth-order valence-electron chi connectivity index (χ4n) is 2.26. The molecule has 4 atom stereocenters. The average Bonchev–Trinajstić information content (AvgIpc) is 3.02. The zero-order valence-corrected chi connectivity index (χ0v) is 10.9. The van der Waals surface area contributed by atoms with Gasteiger partial charge in [-0.15, -0.1) is 0 Å². The lowest BCUT2D eigenvalue weighted by atomic mass is 10.1. The van der Waals surface area contributed by atoms with Crippen molar-refractivity contribution in [3.05, 3.63) is 12.7 Å². The maximum absolute atomic E-state index is 11.5. The van der Waals surface area contributed by atoms with E-state index in [-0.39, 0.29) is 5.82 Å². The zero-order valence-electron chi connectivity index (χ0n) is 10.9. The first kappa shape index (κ1) is 13.7. The van der Waals surface area contributed by atoms with Crippen molar-refractivity contribution in [1.82, 2.24) is 19.5 Å². The molecule has 0 amide bonds. The predicted molar refractivity (Wildman–Crippen MR) is 67.7 cm³/mol. The molecule has 1 fully saturated rings. The van der Waals surface area contributed by atoms with Crippen LogP contribution in [0.3, 0.4) is 0 Å². The molecule has 1 aliphatic rings. The van der Waals surface area contributed by atoms with Crippen molar-refractivity contribution in [2.75, 3.05) is 12.8 Å². The lowest BCUT2D eigenvalue weighted by molar-refractivity contribution is -0.158. The van der Waals surface area contributed by atoms with Crippen molar-refractivity contribution < 1.29 is 24.5 Å². The first-order valence-corrected chi connectivity index (χ1v) is 6.07. The van der Waals surface area contributed by atoms with Gasteiger partial charge in [0.25, 0.3) is 0 Å². The van der Waals surface area contributed by atoms with Gasteiger partial charge in [-0.05, 0) is 0 Å². The number of aliphatic hydroxyl groups excluding tert-OH is 2. The summed E-state index contributed by atoms with van der Waals surface area (Å²) in [5, 5.41) is 20.0. The van der Waals surface area contributed by atoms with Crippen LogP contribution in [0.15, 0.2) is 12.7 Å². The number of nitrogens with two attached hydrogens (primary N) is 1. The van der Waals surface area contributed by atoms with Gasteiger partial charge in [-0.2, -0.15) is 0 Å². The predicted octanol–water partition coefficient (Wildman–Crippen LogP) is -1.80. The van der Waals surface area contributed by atoms with Gasteiger partial charge in [0.05, 0.1) is 13.4 Å². The third-order valence-electron chi connectivity index (χ3n) is 3.33. The van der Waals surface area contributed by atoms with E-state index >= 15 is 0 Å². The minimum absolute atomic E-state index is 0.177. The van der Waals surface area contributed by atoms with E-state index in [1.54, 1.807) is 0 Å². The molecule has 1 aliphatic heterocycles. The molecule has 2 aromatic heterocycles. The number of anilines is 1. The average molecular weight is 295 g/mol. The Morgan fingerprint density at radius 3 is 2.86 bits per heavy atom. The number of nitrogens with zero attached hydrogens (tertiary/aromatic N) is 4. The van der Waals surface area contributed by atoms with Crippen molar-refractivity contribution >= 4 is 23.0 Å². The van der Waals surface area contributed by atoms with Gasteiger partial charge in [-0.25, -0.2) is 19.7 Å². The molecule has 0 spiro atoms. The maximum Gasteiger partial charge on any atom is 0.337 e. The summed E-state index contributed by atoms with van der Waals surface area (Å²) in [5.41, 5.74) is 6.33. The highest BCUT2D eigenvalue weighted by Crippen LogP contribution is 2.32. The number of aliphatic hydroxyl groups is 2. The van der Waals surface area contributed by atoms with Crippen LogP contribution in [0.2, 0.25) is 0 Å². The van der Waals surface area contributed by atoms with E-state index in [9.17, 15) is 15.0 Å². The summed E-state index contributed by atoms with van der Waals surface area (Å²) < 4.78 is 11.3. The molecule has 0 saturated carbocycles. The highest BCUT2D eigenvalue weighted by Gasteiger charge is 2.48. The number of hydrogen-bond acceptors (Lipinski definition) is 9. The fraction of sp³-hybridized carbons (Fsp3) is 0.455. The summed E-state index contributed by atoms with van der Waals surface area (Å²) >= 11 is 0. The molecule has 0 unspecified atom stereocenters. The number of aromatic nitrogens is 4. The van der Waals surface area contributed by atoms with Crippen LogP contribution in [0.5, 0.6) is 0 Å². The van der Waals surface area contributed by atoms with Gasteiger partial charge in [0.1, 0.15) is 24.1 Å². The minimum Gasteiger partial charge on any atom is -0.467 e. The van der Waals surface area contributed by atoms with Crippen molar-refractivity contribution in [3.63, 3.8) is 0 Å². The summed E-state index contributed by atoms with van der Waals surface area (Å²) in [5.74, 6) is -0.598. The number of hydrogen-bond donors (Lipinski definition) is 3. The van der Waals surface area contributed by atoms with Crippen LogP contribution in [0.25, 0.3) is 11.2 Å². The smallest absolute Gasteiger partial charge is 0.337 e. The monoisotopic (exact) mass is 295 g/mol. The number of fused-ring (bicyclic) bond motifs is 1. The molecule has 10 nitrogen and oxygen atoms in total. The Kier molecular flexibility index (Phi) is 3.20. The minimum atomic E-state index is -1.42. The number of ether oxygens (including phenoxy) is 2. The largest absolute Gasteiger partial charge is 0.467 e. The molecule has 2 aromatic rings. The molecular formula is C11H13N5O5. The lowest BCUT2D eigenvalue weighted by Gasteiger charge is -2.16. The second-order valence-electron chi connectivity index (χ2n) is 4.53. The Hall–Kier alpha value is -2.30. The SMILES string of the molecule is COC(=O)[C@H]1O[C@@H](n2cnc3c(N)ncnc32)[C@@H](O)[C@H]1O. The van der Waals surface area contributed by atoms with Crippen molar-refractivity contribution in [1.29, 1.82) is 0 Å². The van der Waals surface area contributed by atoms with Crippen molar-refractivity contribution in [2.45, 2.75) is 24.5 Å². The van der Waals surface area contributed by atoms with Crippen LogP contribution < -0.4 is 5.73 Å². The maximum atomic E-state index is 11.5. The number of nitrogen functional groups attached to an aromatic ring is 1. The Balaban J connectivity index is 2.00. The number of carbonyl (C=O) groups excluding carboxylic acids is 1. The molecule has 0 radical (unpaired) electrons. The first-order chi connectivity index (χ1) is 10.0. The fourth-order valence-corrected chi connectivity index (χ4v) is 2.26. The number of rotatable bonds is 2. The second-order valence-corrected chi connectivity index (χ2v) is 4.53. The lowest BCUT2D eigenvalue weighted by Crippen LogP contribution is -2.36. The Morgan fingerprint density at radius 2 is 2.14 bits per heavy atom. The Morgan fingerprint density at radius 1 is 1.38 bits per heavy atom. The van der Waals surface area contributed by atoms with E-state index < -0.39 is 30.5 Å². The van der Waals surface area contributed by atoms with Crippen molar-refractivity contribution in [2.24, 2.45) is 0 Å². The highest BCUT2D eigenvalue weighted by atomic mass is 16.6. The van der Waals surface area contributed by atoms with Crippen LogP contribution >= 0.6 is 0 Å². The summed E-state index contributed by atoms with van der Waals surface area (Å²) in [6.07, 6.45) is -2.50. The van der Waals surface area contributed by atoms with E-state index in [1.165, 1.54) is 24.3 Å². The van der Waals surface area contributed by atoms with Gasteiger partial charge in [0.15, 0.2) is 23.8 Å². The van der Waals surface area contributed by atoms with Gasteiger partial charge in [0, 0.05) is 0 Å². The molecular weight excluding hydrogens is 282 g/mol. The molecule has 0 aliphatic carbocycles. The van der Waals surface area contributed by atoms with Crippen molar-refractivity contribution in [3.8, 4) is 0 Å². The van der Waals surface area contributed by atoms with E-state index in [2.05, 4.69) is 19.7 Å². The summed E-state index contributed by atoms with van der Waals surface area (Å²) in [7, 11) is 1.17. The number of carbonyl (C=O) groups is 1. The van der Waals surface area contributed by atoms with Gasteiger partial charge < -0.3 is 25.4 Å². The molecule has 3 heterocycles. The topological polar surface area (TPSA) is 146 Å². The Labute approximate surface area is 118 Å². The summed E-state index contributed by atoms with van der Waals surface area (Å²) in [6.45, 7) is 0. The second kappa shape index (κ2) is 4.91. The van der Waals surface area contributed by atoms with Gasteiger partial charge in [0.2, 0.25) is 0 Å². The standard InChI is InChI=1S/C11H13N5O5/c1-20-11(19)7-5(17)6(18)10(21-7)16-3-15-4-8(12)13-2-14-9(4)16/h2-3,5-7,10,17-18H,1H3,(H2,12,13,14)/t5-,6+,7+,10-/m1/s1. The normalized spacial score (nSPS) is 28.9. The summed E-state index contributed by atoms with van der Waals surface area (Å²) in [4.78, 5) is 23.4. The van der Waals surface area contributed by atoms with E-state index in [0.717, 1.165) is 0 Å². The van der Waals surface area contributed by atoms with E-state index in [0.29, 0.717) is 11.2 Å². The van der Waals surface area contributed by atoms with Gasteiger partial charge in [-0.3, -0.25) is 4.57 Å². The zero-order chi connectivity index (χ0) is 15.1. The van der Waals surface area contributed by atoms with Crippen LogP contribution in [-0.4, -0.2) is 61.1 Å². The van der Waals surface area contributed by atoms with Crippen LogP contribution in [0, 0.1) is 0 Å². The quantitative estimate of drug-likeness (QED) is 0.546. The first-order valence-electron chi connectivity index (χ1n) is 6.07. The van der Waals surface area contributed by atoms with Gasteiger partial charge >= 0.3 is 5.97 Å². The van der Waals surface area contributed by atoms with E-state index in [4.69, 9.17) is 10.5 Å². The molecule has 0 bridgehead atoms. The third kappa shape index (κ3) is 2.00. The van der Waals surface area contributed by atoms with Crippen LogP contribution in [0.1, 0.15) is 6.23 Å². The molecule has 10 heteroatoms. The number of methoxy groups -OCH3 is 1. The summed E-state index contributed by atoms with van der Waals surface area (Å²) in [6, 6.07) is 0. The van der Waals surface area contributed by atoms with Gasteiger partial charge in [-0.1, -0.05) is 0 Å². The number of imidazole rings is 1. The molecule has 0 aromatic carbocycles. The van der Waals surface area contributed by atoms with E-state index in [1.807, 2.05) is 0 Å². The molecule has 3 rings (SSSR count). The molecule has 21 heavy (non-hydrogen) atoms. The highest BCUT2D eigenvalue weighted by molar-refractivity contribution is 5.81. The molecule has 1 saturated heterocycles. The van der Waals surface area contributed by atoms with Crippen LogP contribution in [0.4, 0.5) is 5.82 Å². The molecule has 4 N–H and O–H groups in total.